The SMILES string of the molecule is CC(C)n1ncn(-c2ccc(N3CCN(C(=O)OC(C)(C)C)CC3)cc2)c1=O. The predicted octanol–water partition coefficient (Wildman–Crippen LogP) is 2.67. The minimum Gasteiger partial charge on any atom is -0.444 e. The maximum atomic E-state index is 12.4. The summed E-state index contributed by atoms with van der Waals surface area (Å²) in [5.74, 6) is 0. The van der Waals surface area contributed by atoms with Gasteiger partial charge in [0, 0.05) is 31.9 Å². The second-order valence-corrected chi connectivity index (χ2v) is 8.29. The lowest BCUT2D eigenvalue weighted by Crippen LogP contribution is -2.50. The molecule has 1 aliphatic heterocycles. The van der Waals surface area contributed by atoms with Crippen molar-refractivity contribution in [2.75, 3.05) is 31.1 Å². The molecular weight excluding hydrogens is 358 g/mol. The minimum atomic E-state index is -0.481. The Morgan fingerprint density at radius 3 is 2.11 bits per heavy atom. The van der Waals surface area contributed by atoms with Gasteiger partial charge in [0.15, 0.2) is 0 Å². The van der Waals surface area contributed by atoms with E-state index in [1.807, 2.05) is 58.9 Å². The van der Waals surface area contributed by atoms with Crippen molar-refractivity contribution in [3.05, 3.63) is 41.1 Å². The van der Waals surface area contributed by atoms with Crippen molar-refractivity contribution in [3.63, 3.8) is 0 Å². The molecule has 0 bridgehead atoms. The normalized spacial score (nSPS) is 15.2. The first kappa shape index (κ1) is 20.0. The van der Waals surface area contributed by atoms with Crippen LogP contribution in [0, 0.1) is 0 Å². The number of ether oxygens (including phenoxy) is 1. The van der Waals surface area contributed by atoms with Gasteiger partial charge in [-0.2, -0.15) is 5.10 Å². The Bertz CT molecular complexity index is 868. The number of nitrogens with zero attached hydrogens (tertiary/aromatic N) is 5. The van der Waals surface area contributed by atoms with Crippen molar-refractivity contribution in [1.29, 1.82) is 0 Å². The first-order chi connectivity index (χ1) is 13.2. The Morgan fingerprint density at radius 1 is 1.04 bits per heavy atom. The summed E-state index contributed by atoms with van der Waals surface area (Å²) in [5, 5.41) is 4.16. The molecule has 2 heterocycles. The van der Waals surface area contributed by atoms with E-state index in [1.54, 1.807) is 15.8 Å². The number of hydrogen-bond donors (Lipinski definition) is 0. The summed E-state index contributed by atoms with van der Waals surface area (Å²) in [6, 6.07) is 7.86. The number of hydrogen-bond acceptors (Lipinski definition) is 5. The van der Waals surface area contributed by atoms with E-state index in [9.17, 15) is 9.59 Å². The summed E-state index contributed by atoms with van der Waals surface area (Å²) < 4.78 is 8.45. The van der Waals surface area contributed by atoms with E-state index in [1.165, 1.54) is 4.68 Å². The average molecular weight is 387 g/mol. The van der Waals surface area contributed by atoms with Crippen LogP contribution in [0.2, 0.25) is 0 Å². The monoisotopic (exact) mass is 387 g/mol. The van der Waals surface area contributed by atoms with Crippen molar-refractivity contribution in [3.8, 4) is 5.69 Å². The molecule has 1 amide bonds. The minimum absolute atomic E-state index is 0.0225. The average Bonchev–Trinajstić information content (AvgIpc) is 3.02. The Kier molecular flexibility index (Phi) is 5.49. The van der Waals surface area contributed by atoms with E-state index >= 15 is 0 Å². The quantitative estimate of drug-likeness (QED) is 0.810. The van der Waals surface area contributed by atoms with Gasteiger partial charge in [-0.25, -0.2) is 18.8 Å². The maximum absolute atomic E-state index is 12.4. The number of anilines is 1. The summed E-state index contributed by atoms with van der Waals surface area (Å²) in [5.41, 5.74) is 1.23. The molecule has 8 nitrogen and oxygen atoms in total. The third-order valence-electron chi connectivity index (χ3n) is 4.61. The number of rotatable bonds is 3. The molecule has 0 saturated carbocycles. The van der Waals surface area contributed by atoms with Crippen molar-refractivity contribution in [2.45, 2.75) is 46.3 Å². The van der Waals surface area contributed by atoms with E-state index < -0.39 is 5.60 Å². The fourth-order valence-electron chi connectivity index (χ4n) is 3.15. The van der Waals surface area contributed by atoms with Gasteiger partial charge in [0.2, 0.25) is 0 Å². The molecule has 0 N–H and O–H groups in total. The van der Waals surface area contributed by atoms with Gasteiger partial charge >= 0.3 is 11.8 Å². The third-order valence-corrected chi connectivity index (χ3v) is 4.61. The van der Waals surface area contributed by atoms with Crippen LogP contribution in [0.5, 0.6) is 0 Å². The first-order valence-electron chi connectivity index (χ1n) is 9.65. The molecule has 3 rings (SSSR count). The fraction of sp³-hybridized carbons (Fsp3) is 0.550. The molecular formula is C20H29N5O3. The molecule has 2 aromatic rings. The zero-order chi connectivity index (χ0) is 20.5. The Hall–Kier alpha value is -2.77. The summed E-state index contributed by atoms with van der Waals surface area (Å²) >= 11 is 0. The number of aromatic nitrogens is 3. The molecule has 152 valence electrons. The zero-order valence-electron chi connectivity index (χ0n) is 17.3. The highest BCUT2D eigenvalue weighted by Gasteiger charge is 2.26. The molecule has 1 saturated heterocycles. The largest absolute Gasteiger partial charge is 0.444 e. The zero-order valence-corrected chi connectivity index (χ0v) is 17.3. The molecule has 1 aromatic heterocycles. The van der Waals surface area contributed by atoms with Crippen LogP contribution >= 0.6 is 0 Å². The van der Waals surface area contributed by atoms with Gasteiger partial charge in [-0.15, -0.1) is 0 Å². The van der Waals surface area contributed by atoms with E-state index in [-0.39, 0.29) is 17.8 Å². The van der Waals surface area contributed by atoms with Gasteiger partial charge in [0.25, 0.3) is 0 Å². The van der Waals surface area contributed by atoms with E-state index in [2.05, 4.69) is 10.00 Å². The van der Waals surface area contributed by atoms with Gasteiger partial charge in [0.1, 0.15) is 11.9 Å². The Balaban J connectivity index is 1.64. The number of amides is 1. The second kappa shape index (κ2) is 7.69. The predicted molar refractivity (Wildman–Crippen MR) is 108 cm³/mol. The van der Waals surface area contributed by atoms with Crippen LogP contribution in [0.15, 0.2) is 35.4 Å². The fourth-order valence-corrected chi connectivity index (χ4v) is 3.15. The highest BCUT2D eigenvalue weighted by molar-refractivity contribution is 5.68. The van der Waals surface area contributed by atoms with Crippen LogP contribution in [0.4, 0.5) is 10.5 Å². The molecule has 0 spiro atoms. The standard InChI is InChI=1S/C20H29N5O3/c1-15(2)25-18(26)24(14-21-25)17-8-6-16(7-9-17)22-10-12-23(13-11-22)19(27)28-20(3,4)5/h6-9,14-15H,10-13H2,1-5H3. The number of benzene rings is 1. The number of carbonyl (C=O) groups excluding carboxylic acids is 1. The first-order valence-corrected chi connectivity index (χ1v) is 9.65. The second-order valence-electron chi connectivity index (χ2n) is 8.29. The molecule has 0 atom stereocenters. The Labute approximate surface area is 165 Å². The van der Waals surface area contributed by atoms with Crippen molar-refractivity contribution < 1.29 is 9.53 Å². The molecule has 0 radical (unpaired) electrons. The smallest absolute Gasteiger partial charge is 0.410 e. The van der Waals surface area contributed by atoms with Crippen LogP contribution < -0.4 is 10.6 Å². The summed E-state index contributed by atoms with van der Waals surface area (Å²) in [6.45, 7) is 12.2. The van der Waals surface area contributed by atoms with Crippen molar-refractivity contribution in [1.82, 2.24) is 19.2 Å². The maximum Gasteiger partial charge on any atom is 0.410 e. The lowest BCUT2D eigenvalue weighted by Gasteiger charge is -2.36. The van der Waals surface area contributed by atoms with Gasteiger partial charge in [0.05, 0.1) is 11.7 Å². The van der Waals surface area contributed by atoms with E-state index in [4.69, 9.17) is 4.74 Å². The van der Waals surface area contributed by atoms with Crippen LogP contribution in [-0.4, -0.2) is 57.1 Å². The number of piperazine rings is 1. The third kappa shape index (κ3) is 4.37. The highest BCUT2D eigenvalue weighted by atomic mass is 16.6. The lowest BCUT2D eigenvalue weighted by atomic mass is 10.2. The lowest BCUT2D eigenvalue weighted by molar-refractivity contribution is 0.0240. The van der Waals surface area contributed by atoms with Gasteiger partial charge in [-0.1, -0.05) is 0 Å². The molecule has 0 unspecified atom stereocenters. The van der Waals surface area contributed by atoms with E-state index in [0.717, 1.165) is 24.5 Å². The van der Waals surface area contributed by atoms with Gasteiger partial charge in [-0.05, 0) is 58.9 Å². The van der Waals surface area contributed by atoms with Crippen molar-refractivity contribution in [2.24, 2.45) is 0 Å². The molecule has 1 aromatic carbocycles. The summed E-state index contributed by atoms with van der Waals surface area (Å²) in [7, 11) is 0. The molecule has 8 heteroatoms. The van der Waals surface area contributed by atoms with Crippen LogP contribution in [0.3, 0.4) is 0 Å². The molecule has 1 aliphatic rings. The Morgan fingerprint density at radius 2 is 1.61 bits per heavy atom. The molecule has 1 fully saturated rings. The van der Waals surface area contributed by atoms with Gasteiger partial charge in [-0.3, -0.25) is 0 Å². The van der Waals surface area contributed by atoms with Crippen molar-refractivity contribution >= 4 is 11.8 Å². The topological polar surface area (TPSA) is 72.6 Å². The van der Waals surface area contributed by atoms with Crippen LogP contribution in [0.25, 0.3) is 5.69 Å². The molecule has 0 aliphatic carbocycles. The number of carbonyl (C=O) groups is 1. The summed E-state index contributed by atoms with van der Waals surface area (Å²) in [4.78, 5) is 28.6. The van der Waals surface area contributed by atoms with E-state index in [0.29, 0.717) is 13.1 Å². The van der Waals surface area contributed by atoms with Crippen LogP contribution in [0.1, 0.15) is 40.7 Å². The van der Waals surface area contributed by atoms with Gasteiger partial charge < -0.3 is 14.5 Å². The highest BCUT2D eigenvalue weighted by Crippen LogP contribution is 2.20. The molecule has 28 heavy (non-hydrogen) atoms. The summed E-state index contributed by atoms with van der Waals surface area (Å²) in [6.07, 6.45) is 1.29. The van der Waals surface area contributed by atoms with Crippen LogP contribution in [-0.2, 0) is 4.74 Å².